The smallest absolute Gasteiger partial charge is 0.0820 e. The summed E-state index contributed by atoms with van der Waals surface area (Å²) < 4.78 is 0. The molecule has 1 heteroatoms. The van der Waals surface area contributed by atoms with Crippen molar-refractivity contribution in [1.29, 1.82) is 0 Å². The standard InChI is InChI=1S/C14H18O/c15-14(11-8-9-11)13-7-2-1-6-12(13)10-4-3-5-10/h1-2,6-7,10-11,14-15H,3-5,8-9H2. The molecule has 2 aliphatic carbocycles. The molecule has 1 nitrogen and oxygen atoms in total. The van der Waals surface area contributed by atoms with Crippen molar-refractivity contribution in [2.45, 2.75) is 44.1 Å². The summed E-state index contributed by atoms with van der Waals surface area (Å²) in [6, 6.07) is 8.50. The average molecular weight is 202 g/mol. The molecule has 1 aromatic carbocycles. The Balaban J connectivity index is 1.90. The Morgan fingerprint density at radius 3 is 2.40 bits per heavy atom. The van der Waals surface area contributed by atoms with Crippen molar-refractivity contribution < 1.29 is 5.11 Å². The first-order chi connectivity index (χ1) is 7.36. The van der Waals surface area contributed by atoms with E-state index >= 15 is 0 Å². The number of aliphatic hydroxyl groups excluding tert-OH is 1. The maximum absolute atomic E-state index is 10.2. The highest BCUT2D eigenvalue weighted by Gasteiger charge is 2.33. The summed E-state index contributed by atoms with van der Waals surface area (Å²) in [5.41, 5.74) is 2.63. The Morgan fingerprint density at radius 1 is 1.07 bits per heavy atom. The molecule has 0 spiro atoms. The van der Waals surface area contributed by atoms with Crippen LogP contribution in [0.1, 0.15) is 55.3 Å². The van der Waals surface area contributed by atoms with Gasteiger partial charge in [0.2, 0.25) is 0 Å². The minimum atomic E-state index is -0.193. The van der Waals surface area contributed by atoms with Crippen LogP contribution in [-0.2, 0) is 0 Å². The molecule has 0 aromatic heterocycles. The predicted octanol–water partition coefficient (Wildman–Crippen LogP) is 3.40. The van der Waals surface area contributed by atoms with Crippen LogP contribution in [0.3, 0.4) is 0 Å². The third-order valence-electron chi connectivity index (χ3n) is 3.93. The monoisotopic (exact) mass is 202 g/mol. The van der Waals surface area contributed by atoms with E-state index in [2.05, 4.69) is 24.3 Å². The zero-order valence-electron chi connectivity index (χ0n) is 9.02. The topological polar surface area (TPSA) is 20.2 Å². The molecule has 1 aromatic rings. The Hall–Kier alpha value is -0.820. The Labute approximate surface area is 91.1 Å². The molecule has 15 heavy (non-hydrogen) atoms. The van der Waals surface area contributed by atoms with Crippen molar-refractivity contribution in [3.8, 4) is 0 Å². The first-order valence-electron chi connectivity index (χ1n) is 6.13. The maximum atomic E-state index is 10.2. The van der Waals surface area contributed by atoms with Crippen LogP contribution in [0.4, 0.5) is 0 Å². The molecule has 80 valence electrons. The van der Waals surface area contributed by atoms with Crippen LogP contribution in [0.5, 0.6) is 0 Å². The van der Waals surface area contributed by atoms with Gasteiger partial charge in [0, 0.05) is 0 Å². The second-order valence-electron chi connectivity index (χ2n) is 5.04. The predicted molar refractivity (Wildman–Crippen MR) is 60.7 cm³/mol. The van der Waals surface area contributed by atoms with Gasteiger partial charge in [-0.2, -0.15) is 0 Å². The van der Waals surface area contributed by atoms with Gasteiger partial charge in [-0.3, -0.25) is 0 Å². The van der Waals surface area contributed by atoms with Crippen molar-refractivity contribution in [2.75, 3.05) is 0 Å². The number of hydrogen-bond acceptors (Lipinski definition) is 1. The largest absolute Gasteiger partial charge is 0.388 e. The fourth-order valence-corrected chi connectivity index (χ4v) is 2.54. The van der Waals surface area contributed by atoms with Gasteiger partial charge in [0.25, 0.3) is 0 Å². The van der Waals surface area contributed by atoms with Crippen LogP contribution in [0, 0.1) is 5.92 Å². The molecular weight excluding hydrogens is 184 g/mol. The molecule has 1 atom stereocenters. The Kier molecular flexibility index (Phi) is 2.28. The van der Waals surface area contributed by atoms with Gasteiger partial charge in [-0.1, -0.05) is 30.7 Å². The molecular formula is C14H18O. The van der Waals surface area contributed by atoms with E-state index in [1.165, 1.54) is 43.2 Å². The normalized spacial score (nSPS) is 23.5. The molecule has 1 unspecified atom stereocenters. The second-order valence-corrected chi connectivity index (χ2v) is 5.04. The first-order valence-corrected chi connectivity index (χ1v) is 6.13. The molecule has 0 saturated heterocycles. The minimum Gasteiger partial charge on any atom is -0.388 e. The summed E-state index contributed by atoms with van der Waals surface area (Å²) in [6.07, 6.45) is 6.21. The van der Waals surface area contributed by atoms with Crippen molar-refractivity contribution in [1.82, 2.24) is 0 Å². The zero-order chi connectivity index (χ0) is 10.3. The fourth-order valence-electron chi connectivity index (χ4n) is 2.54. The SMILES string of the molecule is OC(c1ccccc1C1CCC1)C1CC1. The lowest BCUT2D eigenvalue weighted by atomic mass is 9.77. The zero-order valence-corrected chi connectivity index (χ0v) is 9.02. The van der Waals surface area contributed by atoms with Crippen LogP contribution in [0.25, 0.3) is 0 Å². The van der Waals surface area contributed by atoms with Gasteiger partial charge in [-0.25, -0.2) is 0 Å². The van der Waals surface area contributed by atoms with Crippen LogP contribution in [0.15, 0.2) is 24.3 Å². The quantitative estimate of drug-likeness (QED) is 0.796. The molecule has 2 saturated carbocycles. The van der Waals surface area contributed by atoms with Gasteiger partial charge in [0.15, 0.2) is 0 Å². The van der Waals surface area contributed by atoms with E-state index in [-0.39, 0.29) is 6.10 Å². The number of benzene rings is 1. The van der Waals surface area contributed by atoms with E-state index in [4.69, 9.17) is 0 Å². The third kappa shape index (κ3) is 1.69. The molecule has 0 aliphatic heterocycles. The highest BCUT2D eigenvalue weighted by molar-refractivity contribution is 5.34. The number of rotatable bonds is 3. The summed E-state index contributed by atoms with van der Waals surface area (Å²) in [6.45, 7) is 0. The highest BCUT2D eigenvalue weighted by Crippen LogP contribution is 2.45. The first kappa shape index (κ1) is 9.41. The van der Waals surface area contributed by atoms with Crippen molar-refractivity contribution in [3.05, 3.63) is 35.4 Å². The molecule has 2 fully saturated rings. The second kappa shape index (κ2) is 3.64. The van der Waals surface area contributed by atoms with E-state index in [9.17, 15) is 5.11 Å². The van der Waals surface area contributed by atoms with Crippen molar-refractivity contribution >= 4 is 0 Å². The van der Waals surface area contributed by atoms with Crippen molar-refractivity contribution in [3.63, 3.8) is 0 Å². The van der Waals surface area contributed by atoms with Gasteiger partial charge in [-0.05, 0) is 48.6 Å². The molecule has 0 radical (unpaired) electrons. The summed E-state index contributed by atoms with van der Waals surface area (Å²) in [4.78, 5) is 0. The lowest BCUT2D eigenvalue weighted by molar-refractivity contribution is 0.151. The number of aliphatic hydroxyl groups is 1. The maximum Gasteiger partial charge on any atom is 0.0820 e. The lowest BCUT2D eigenvalue weighted by Gasteiger charge is -2.29. The highest BCUT2D eigenvalue weighted by atomic mass is 16.3. The van der Waals surface area contributed by atoms with Gasteiger partial charge >= 0.3 is 0 Å². The molecule has 0 amide bonds. The molecule has 2 aliphatic rings. The molecule has 0 bridgehead atoms. The van der Waals surface area contributed by atoms with Crippen LogP contribution in [0.2, 0.25) is 0 Å². The minimum absolute atomic E-state index is 0.193. The molecule has 1 N–H and O–H groups in total. The fraction of sp³-hybridized carbons (Fsp3) is 0.571. The van der Waals surface area contributed by atoms with Gasteiger partial charge < -0.3 is 5.11 Å². The van der Waals surface area contributed by atoms with E-state index in [1.807, 2.05) is 0 Å². The van der Waals surface area contributed by atoms with E-state index < -0.39 is 0 Å². The van der Waals surface area contributed by atoms with E-state index in [0.717, 1.165) is 5.92 Å². The van der Waals surface area contributed by atoms with Crippen LogP contribution in [-0.4, -0.2) is 5.11 Å². The van der Waals surface area contributed by atoms with Gasteiger partial charge in [0.05, 0.1) is 6.10 Å². The van der Waals surface area contributed by atoms with Crippen LogP contribution < -0.4 is 0 Å². The lowest BCUT2D eigenvalue weighted by Crippen LogP contribution is -2.13. The van der Waals surface area contributed by atoms with Crippen LogP contribution >= 0.6 is 0 Å². The third-order valence-corrected chi connectivity index (χ3v) is 3.93. The Bertz CT molecular complexity index is 350. The summed E-state index contributed by atoms with van der Waals surface area (Å²) in [5, 5.41) is 10.2. The Morgan fingerprint density at radius 2 is 1.80 bits per heavy atom. The van der Waals surface area contributed by atoms with Crippen molar-refractivity contribution in [2.24, 2.45) is 5.92 Å². The van der Waals surface area contributed by atoms with E-state index in [1.54, 1.807) is 0 Å². The summed E-state index contributed by atoms with van der Waals surface area (Å²) in [7, 11) is 0. The molecule has 0 heterocycles. The van der Waals surface area contributed by atoms with E-state index in [0.29, 0.717) is 5.92 Å². The molecule has 3 rings (SSSR count). The average Bonchev–Trinajstić information content (AvgIpc) is 2.98. The van der Waals surface area contributed by atoms with Gasteiger partial charge in [-0.15, -0.1) is 0 Å². The summed E-state index contributed by atoms with van der Waals surface area (Å²) in [5.74, 6) is 1.28. The van der Waals surface area contributed by atoms with Gasteiger partial charge in [0.1, 0.15) is 0 Å². The number of hydrogen-bond donors (Lipinski definition) is 1. The summed E-state index contributed by atoms with van der Waals surface area (Å²) >= 11 is 0.